The summed E-state index contributed by atoms with van der Waals surface area (Å²) in [4.78, 5) is 16.6. The molecule has 0 aliphatic carbocycles. The monoisotopic (exact) mass is 320 g/mol. The second kappa shape index (κ2) is 8.31. The van der Waals surface area contributed by atoms with Crippen LogP contribution in [0.5, 0.6) is 5.75 Å². The normalized spacial score (nSPS) is 22.9. The molecule has 0 bridgehead atoms. The van der Waals surface area contributed by atoms with Crippen molar-refractivity contribution in [3.8, 4) is 5.75 Å². The van der Waals surface area contributed by atoms with E-state index in [2.05, 4.69) is 0 Å². The lowest BCUT2D eigenvalue weighted by molar-refractivity contribution is -0.147. The number of carbonyl (C=O) groups excluding carboxylic acids is 1. The quantitative estimate of drug-likeness (QED) is 0.804. The van der Waals surface area contributed by atoms with E-state index in [1.165, 1.54) is 0 Å². The van der Waals surface area contributed by atoms with E-state index in [9.17, 15) is 4.79 Å². The summed E-state index contributed by atoms with van der Waals surface area (Å²) in [6, 6.07) is 9.57. The minimum Gasteiger partial charge on any atom is -0.492 e. The van der Waals surface area contributed by atoms with Gasteiger partial charge in [-0.05, 0) is 40.0 Å². The van der Waals surface area contributed by atoms with E-state index >= 15 is 0 Å². The van der Waals surface area contributed by atoms with Crippen molar-refractivity contribution in [2.24, 2.45) is 0 Å². The summed E-state index contributed by atoms with van der Waals surface area (Å²) in [5, 5.41) is 0. The fourth-order valence-corrected chi connectivity index (χ4v) is 2.83. The molecule has 0 saturated carbocycles. The van der Waals surface area contributed by atoms with Crippen LogP contribution in [0.2, 0.25) is 0 Å². The standard InChI is InChI=1S/C18H28N2O3/c1-14-12-20(13-15(2)23-14)18(21)16(3)19(4)10-11-22-17-8-6-5-7-9-17/h5-9,14-16H,10-13H2,1-4H3. The molecule has 0 spiro atoms. The first-order valence-corrected chi connectivity index (χ1v) is 8.29. The number of likely N-dealkylation sites (N-methyl/N-ethyl adjacent to an activating group) is 1. The molecule has 1 amide bonds. The van der Waals surface area contributed by atoms with Crippen molar-refractivity contribution in [1.29, 1.82) is 0 Å². The molecule has 0 aromatic heterocycles. The Morgan fingerprint density at radius 1 is 1.30 bits per heavy atom. The number of rotatable bonds is 6. The molecule has 5 nitrogen and oxygen atoms in total. The lowest BCUT2D eigenvalue weighted by Crippen LogP contribution is -2.54. The Bertz CT molecular complexity index is 484. The van der Waals surface area contributed by atoms with E-state index in [1.807, 2.05) is 68.0 Å². The molecule has 128 valence electrons. The van der Waals surface area contributed by atoms with E-state index in [4.69, 9.17) is 9.47 Å². The van der Waals surface area contributed by atoms with Crippen LogP contribution < -0.4 is 4.74 Å². The van der Waals surface area contributed by atoms with Gasteiger partial charge in [0.25, 0.3) is 0 Å². The molecular formula is C18H28N2O3. The van der Waals surface area contributed by atoms with Crippen molar-refractivity contribution < 1.29 is 14.3 Å². The molecule has 0 radical (unpaired) electrons. The number of hydrogen-bond acceptors (Lipinski definition) is 4. The van der Waals surface area contributed by atoms with Gasteiger partial charge in [-0.25, -0.2) is 0 Å². The SMILES string of the molecule is CC1CN(C(=O)C(C)N(C)CCOc2ccccc2)CC(C)O1. The number of hydrogen-bond donors (Lipinski definition) is 0. The summed E-state index contributed by atoms with van der Waals surface area (Å²) in [5.74, 6) is 1.02. The van der Waals surface area contributed by atoms with Gasteiger partial charge < -0.3 is 14.4 Å². The summed E-state index contributed by atoms with van der Waals surface area (Å²) < 4.78 is 11.4. The summed E-state index contributed by atoms with van der Waals surface area (Å²) in [7, 11) is 1.96. The minimum atomic E-state index is -0.160. The molecule has 1 saturated heterocycles. The van der Waals surface area contributed by atoms with Gasteiger partial charge in [0.1, 0.15) is 12.4 Å². The van der Waals surface area contributed by atoms with Crippen LogP contribution >= 0.6 is 0 Å². The molecule has 3 unspecified atom stereocenters. The van der Waals surface area contributed by atoms with Gasteiger partial charge in [0.15, 0.2) is 0 Å². The summed E-state index contributed by atoms with van der Waals surface area (Å²) in [5.41, 5.74) is 0. The van der Waals surface area contributed by atoms with Crippen LogP contribution in [-0.4, -0.2) is 67.2 Å². The zero-order chi connectivity index (χ0) is 16.8. The van der Waals surface area contributed by atoms with E-state index in [-0.39, 0.29) is 24.2 Å². The van der Waals surface area contributed by atoms with Gasteiger partial charge >= 0.3 is 0 Å². The van der Waals surface area contributed by atoms with Gasteiger partial charge in [-0.15, -0.1) is 0 Å². The molecule has 0 N–H and O–H groups in total. The maximum atomic E-state index is 12.7. The largest absolute Gasteiger partial charge is 0.492 e. The smallest absolute Gasteiger partial charge is 0.239 e. The Labute approximate surface area is 139 Å². The lowest BCUT2D eigenvalue weighted by atomic mass is 10.2. The molecule has 5 heteroatoms. The third-order valence-corrected chi connectivity index (χ3v) is 4.21. The highest BCUT2D eigenvalue weighted by Gasteiger charge is 2.30. The summed E-state index contributed by atoms with van der Waals surface area (Å²) in [6.45, 7) is 8.58. The predicted molar refractivity (Wildman–Crippen MR) is 90.6 cm³/mol. The van der Waals surface area contributed by atoms with Gasteiger partial charge in [-0.3, -0.25) is 9.69 Å². The van der Waals surface area contributed by atoms with Crippen molar-refractivity contribution in [2.75, 3.05) is 33.3 Å². The third kappa shape index (κ3) is 5.22. The van der Waals surface area contributed by atoms with E-state index in [1.54, 1.807) is 0 Å². The predicted octanol–water partition coefficient (Wildman–Crippen LogP) is 2.02. The Kier molecular flexibility index (Phi) is 6.42. The van der Waals surface area contributed by atoms with Crippen LogP contribution in [0.3, 0.4) is 0 Å². The Balaban J connectivity index is 1.79. The first kappa shape index (κ1) is 17.8. The highest BCUT2D eigenvalue weighted by atomic mass is 16.5. The van der Waals surface area contributed by atoms with E-state index in [0.29, 0.717) is 26.2 Å². The third-order valence-electron chi connectivity index (χ3n) is 4.21. The number of para-hydroxylation sites is 1. The molecular weight excluding hydrogens is 292 g/mol. The van der Waals surface area contributed by atoms with E-state index in [0.717, 1.165) is 5.75 Å². The Morgan fingerprint density at radius 2 is 1.91 bits per heavy atom. The van der Waals surface area contributed by atoms with Crippen LogP contribution in [-0.2, 0) is 9.53 Å². The number of morpholine rings is 1. The fourth-order valence-electron chi connectivity index (χ4n) is 2.83. The molecule has 1 aliphatic heterocycles. The minimum absolute atomic E-state index is 0.0987. The molecule has 23 heavy (non-hydrogen) atoms. The molecule has 2 rings (SSSR count). The summed E-state index contributed by atoms with van der Waals surface area (Å²) in [6.07, 6.45) is 0.197. The molecule has 1 heterocycles. The maximum absolute atomic E-state index is 12.7. The Morgan fingerprint density at radius 3 is 2.52 bits per heavy atom. The van der Waals surface area contributed by atoms with Crippen LogP contribution in [0.4, 0.5) is 0 Å². The lowest BCUT2D eigenvalue weighted by Gasteiger charge is -2.38. The number of amides is 1. The first-order chi connectivity index (χ1) is 11.0. The maximum Gasteiger partial charge on any atom is 0.239 e. The number of nitrogens with zero attached hydrogens (tertiary/aromatic N) is 2. The zero-order valence-electron chi connectivity index (χ0n) is 14.6. The topological polar surface area (TPSA) is 42.0 Å². The fraction of sp³-hybridized carbons (Fsp3) is 0.611. The molecule has 1 aromatic rings. The van der Waals surface area contributed by atoms with Crippen molar-refractivity contribution in [2.45, 2.75) is 39.0 Å². The van der Waals surface area contributed by atoms with Crippen molar-refractivity contribution in [3.05, 3.63) is 30.3 Å². The summed E-state index contributed by atoms with van der Waals surface area (Å²) >= 11 is 0. The Hall–Kier alpha value is -1.59. The van der Waals surface area contributed by atoms with Crippen LogP contribution in [0.1, 0.15) is 20.8 Å². The van der Waals surface area contributed by atoms with Crippen LogP contribution in [0, 0.1) is 0 Å². The molecule has 3 atom stereocenters. The average molecular weight is 320 g/mol. The van der Waals surface area contributed by atoms with Crippen LogP contribution in [0.15, 0.2) is 30.3 Å². The van der Waals surface area contributed by atoms with Gasteiger partial charge in [0, 0.05) is 19.6 Å². The molecule has 1 aromatic carbocycles. The van der Waals surface area contributed by atoms with Gasteiger partial charge in [0.2, 0.25) is 5.91 Å². The highest BCUT2D eigenvalue weighted by molar-refractivity contribution is 5.81. The second-order valence-electron chi connectivity index (χ2n) is 6.32. The average Bonchev–Trinajstić information content (AvgIpc) is 2.53. The zero-order valence-corrected chi connectivity index (χ0v) is 14.6. The van der Waals surface area contributed by atoms with Crippen molar-refractivity contribution >= 4 is 5.91 Å². The number of benzene rings is 1. The van der Waals surface area contributed by atoms with Gasteiger partial charge in [-0.1, -0.05) is 18.2 Å². The molecule has 1 aliphatic rings. The van der Waals surface area contributed by atoms with E-state index < -0.39 is 0 Å². The number of carbonyl (C=O) groups is 1. The van der Waals surface area contributed by atoms with Gasteiger partial charge in [-0.2, -0.15) is 0 Å². The second-order valence-corrected chi connectivity index (χ2v) is 6.32. The number of ether oxygens (including phenoxy) is 2. The van der Waals surface area contributed by atoms with Crippen molar-refractivity contribution in [3.63, 3.8) is 0 Å². The van der Waals surface area contributed by atoms with Gasteiger partial charge in [0.05, 0.1) is 18.2 Å². The first-order valence-electron chi connectivity index (χ1n) is 8.29. The van der Waals surface area contributed by atoms with Crippen molar-refractivity contribution in [1.82, 2.24) is 9.80 Å². The molecule has 1 fully saturated rings. The van der Waals surface area contributed by atoms with Crippen LogP contribution in [0.25, 0.3) is 0 Å². The highest BCUT2D eigenvalue weighted by Crippen LogP contribution is 2.13.